The largest absolute Gasteiger partial charge is 0.331 e. The standard InChI is InChI=1S/C15H22N2/c1-4-5-6-7-8-17-11-16-14-9-12(2)13(3)10-15(14)17/h9-11H,4-8H2,1-3H3. The maximum atomic E-state index is 4.48. The number of benzene rings is 1. The van der Waals surface area contributed by atoms with Crippen molar-refractivity contribution in [1.82, 2.24) is 9.55 Å². The fraction of sp³-hybridized carbons (Fsp3) is 0.533. The van der Waals surface area contributed by atoms with Crippen molar-refractivity contribution in [2.24, 2.45) is 0 Å². The van der Waals surface area contributed by atoms with E-state index in [1.165, 1.54) is 42.3 Å². The number of aryl methyl sites for hydroxylation is 3. The Labute approximate surface area is 104 Å². The summed E-state index contributed by atoms with van der Waals surface area (Å²) in [5.41, 5.74) is 5.09. The highest BCUT2D eigenvalue weighted by atomic mass is 15.0. The summed E-state index contributed by atoms with van der Waals surface area (Å²) in [4.78, 5) is 4.48. The second-order valence-corrected chi connectivity index (χ2v) is 4.92. The minimum Gasteiger partial charge on any atom is -0.331 e. The van der Waals surface area contributed by atoms with E-state index in [1.54, 1.807) is 0 Å². The molecule has 92 valence electrons. The number of hydrogen-bond acceptors (Lipinski definition) is 1. The molecular formula is C15H22N2. The zero-order valence-electron chi connectivity index (χ0n) is 11.2. The molecule has 0 aliphatic carbocycles. The van der Waals surface area contributed by atoms with E-state index in [0.717, 1.165) is 12.1 Å². The van der Waals surface area contributed by atoms with Crippen molar-refractivity contribution in [3.05, 3.63) is 29.6 Å². The monoisotopic (exact) mass is 230 g/mol. The molecule has 0 aliphatic heterocycles. The Morgan fingerprint density at radius 3 is 2.59 bits per heavy atom. The molecule has 1 heterocycles. The van der Waals surface area contributed by atoms with Crippen molar-refractivity contribution in [3.8, 4) is 0 Å². The van der Waals surface area contributed by atoms with Gasteiger partial charge in [0.2, 0.25) is 0 Å². The highest BCUT2D eigenvalue weighted by molar-refractivity contribution is 5.77. The molecule has 2 nitrogen and oxygen atoms in total. The Morgan fingerprint density at radius 1 is 1.06 bits per heavy atom. The van der Waals surface area contributed by atoms with Gasteiger partial charge in [-0.05, 0) is 43.5 Å². The van der Waals surface area contributed by atoms with Crippen LogP contribution in [-0.4, -0.2) is 9.55 Å². The van der Waals surface area contributed by atoms with Crippen LogP contribution < -0.4 is 0 Å². The van der Waals surface area contributed by atoms with Crippen molar-refractivity contribution in [2.75, 3.05) is 0 Å². The number of hydrogen-bond donors (Lipinski definition) is 0. The van der Waals surface area contributed by atoms with E-state index in [-0.39, 0.29) is 0 Å². The predicted octanol–water partition coefficient (Wildman–Crippen LogP) is 4.23. The minimum atomic E-state index is 1.10. The van der Waals surface area contributed by atoms with Gasteiger partial charge in [0.05, 0.1) is 17.4 Å². The summed E-state index contributed by atoms with van der Waals surface area (Å²) in [5, 5.41) is 0. The zero-order valence-corrected chi connectivity index (χ0v) is 11.2. The first-order valence-electron chi connectivity index (χ1n) is 6.64. The van der Waals surface area contributed by atoms with Gasteiger partial charge in [-0.3, -0.25) is 0 Å². The summed E-state index contributed by atoms with van der Waals surface area (Å²) in [7, 11) is 0. The number of fused-ring (bicyclic) bond motifs is 1. The summed E-state index contributed by atoms with van der Waals surface area (Å²) < 4.78 is 2.29. The van der Waals surface area contributed by atoms with E-state index < -0.39 is 0 Å². The molecule has 0 fully saturated rings. The lowest BCUT2D eigenvalue weighted by Gasteiger charge is -2.05. The predicted molar refractivity (Wildman–Crippen MR) is 73.3 cm³/mol. The maximum absolute atomic E-state index is 4.48. The molecular weight excluding hydrogens is 208 g/mol. The first-order chi connectivity index (χ1) is 8.22. The Balaban J connectivity index is 2.15. The quantitative estimate of drug-likeness (QED) is 0.703. The molecule has 0 amide bonds. The van der Waals surface area contributed by atoms with Crippen LogP contribution in [0, 0.1) is 13.8 Å². The molecule has 0 saturated heterocycles. The Morgan fingerprint density at radius 2 is 1.82 bits per heavy atom. The summed E-state index contributed by atoms with van der Waals surface area (Å²) in [6.45, 7) is 7.66. The number of nitrogens with zero attached hydrogens (tertiary/aromatic N) is 2. The molecule has 0 N–H and O–H groups in total. The number of unbranched alkanes of at least 4 members (excludes halogenated alkanes) is 3. The summed E-state index contributed by atoms with van der Waals surface area (Å²) in [6.07, 6.45) is 7.19. The third-order valence-electron chi connectivity index (χ3n) is 3.49. The van der Waals surface area contributed by atoms with Crippen LogP contribution >= 0.6 is 0 Å². The van der Waals surface area contributed by atoms with Crippen LogP contribution in [0.15, 0.2) is 18.5 Å². The van der Waals surface area contributed by atoms with E-state index in [0.29, 0.717) is 0 Å². The normalized spacial score (nSPS) is 11.2. The maximum Gasteiger partial charge on any atom is 0.0958 e. The lowest BCUT2D eigenvalue weighted by molar-refractivity contribution is 0.591. The zero-order chi connectivity index (χ0) is 12.3. The summed E-state index contributed by atoms with van der Waals surface area (Å²) in [5.74, 6) is 0. The molecule has 0 bridgehead atoms. The fourth-order valence-corrected chi connectivity index (χ4v) is 2.20. The van der Waals surface area contributed by atoms with Gasteiger partial charge >= 0.3 is 0 Å². The molecule has 0 unspecified atom stereocenters. The topological polar surface area (TPSA) is 17.8 Å². The Hall–Kier alpha value is -1.31. The Kier molecular flexibility index (Phi) is 3.82. The van der Waals surface area contributed by atoms with Gasteiger partial charge in [0.1, 0.15) is 0 Å². The van der Waals surface area contributed by atoms with Crippen molar-refractivity contribution in [2.45, 2.75) is 53.0 Å². The smallest absolute Gasteiger partial charge is 0.0958 e. The van der Waals surface area contributed by atoms with E-state index in [4.69, 9.17) is 0 Å². The van der Waals surface area contributed by atoms with Gasteiger partial charge in [-0.15, -0.1) is 0 Å². The van der Waals surface area contributed by atoms with Crippen LogP contribution in [0.5, 0.6) is 0 Å². The molecule has 0 saturated carbocycles. The molecule has 2 aromatic rings. The third-order valence-corrected chi connectivity index (χ3v) is 3.49. The molecule has 0 atom stereocenters. The fourth-order valence-electron chi connectivity index (χ4n) is 2.20. The van der Waals surface area contributed by atoms with Gasteiger partial charge in [-0.1, -0.05) is 26.2 Å². The van der Waals surface area contributed by atoms with Crippen LogP contribution in [0.1, 0.15) is 43.7 Å². The second kappa shape index (κ2) is 5.35. The van der Waals surface area contributed by atoms with E-state index in [9.17, 15) is 0 Å². The van der Waals surface area contributed by atoms with Gasteiger partial charge in [-0.2, -0.15) is 0 Å². The number of rotatable bonds is 5. The van der Waals surface area contributed by atoms with Gasteiger partial charge in [0.15, 0.2) is 0 Å². The average Bonchev–Trinajstić information content (AvgIpc) is 2.68. The van der Waals surface area contributed by atoms with E-state index in [1.807, 2.05) is 6.33 Å². The molecule has 17 heavy (non-hydrogen) atoms. The van der Waals surface area contributed by atoms with Crippen LogP contribution in [-0.2, 0) is 6.54 Å². The number of aromatic nitrogens is 2. The van der Waals surface area contributed by atoms with Crippen LogP contribution in [0.3, 0.4) is 0 Å². The Bertz CT molecular complexity index is 497. The van der Waals surface area contributed by atoms with E-state index in [2.05, 4.69) is 42.5 Å². The molecule has 0 spiro atoms. The van der Waals surface area contributed by atoms with Gasteiger partial charge in [-0.25, -0.2) is 4.98 Å². The molecule has 1 aromatic carbocycles. The minimum absolute atomic E-state index is 1.10. The van der Waals surface area contributed by atoms with E-state index >= 15 is 0 Å². The molecule has 0 aliphatic rings. The average molecular weight is 230 g/mol. The third kappa shape index (κ3) is 2.68. The lowest BCUT2D eigenvalue weighted by Crippen LogP contribution is -1.96. The first kappa shape index (κ1) is 12.2. The highest BCUT2D eigenvalue weighted by Gasteiger charge is 2.04. The van der Waals surface area contributed by atoms with Crippen molar-refractivity contribution in [3.63, 3.8) is 0 Å². The molecule has 2 rings (SSSR count). The van der Waals surface area contributed by atoms with Crippen molar-refractivity contribution < 1.29 is 0 Å². The highest BCUT2D eigenvalue weighted by Crippen LogP contribution is 2.18. The van der Waals surface area contributed by atoms with Crippen molar-refractivity contribution in [1.29, 1.82) is 0 Å². The molecule has 1 aromatic heterocycles. The first-order valence-corrected chi connectivity index (χ1v) is 6.64. The van der Waals surface area contributed by atoms with Gasteiger partial charge in [0.25, 0.3) is 0 Å². The van der Waals surface area contributed by atoms with Crippen LogP contribution in [0.4, 0.5) is 0 Å². The molecule has 2 heteroatoms. The van der Waals surface area contributed by atoms with Crippen LogP contribution in [0.25, 0.3) is 11.0 Å². The van der Waals surface area contributed by atoms with Gasteiger partial charge in [0, 0.05) is 6.54 Å². The summed E-state index contributed by atoms with van der Waals surface area (Å²) in [6, 6.07) is 4.45. The SMILES string of the molecule is CCCCCCn1cnc2cc(C)c(C)cc21. The lowest BCUT2D eigenvalue weighted by atomic mass is 10.1. The number of imidazole rings is 1. The van der Waals surface area contributed by atoms with Crippen LogP contribution in [0.2, 0.25) is 0 Å². The van der Waals surface area contributed by atoms with Gasteiger partial charge < -0.3 is 4.57 Å². The van der Waals surface area contributed by atoms with Crippen molar-refractivity contribution >= 4 is 11.0 Å². The second-order valence-electron chi connectivity index (χ2n) is 4.92. The summed E-state index contributed by atoms with van der Waals surface area (Å²) >= 11 is 0. The molecule has 0 radical (unpaired) electrons.